The van der Waals surface area contributed by atoms with Crippen LogP contribution in [0.3, 0.4) is 0 Å². The van der Waals surface area contributed by atoms with E-state index in [4.69, 9.17) is 4.74 Å². The molecule has 23 heavy (non-hydrogen) atoms. The summed E-state index contributed by atoms with van der Waals surface area (Å²) in [4.78, 5) is 11.4. The van der Waals surface area contributed by atoms with Gasteiger partial charge in [-0.1, -0.05) is 18.2 Å². The molecule has 3 aromatic rings. The van der Waals surface area contributed by atoms with Gasteiger partial charge in [0.05, 0.1) is 29.3 Å². The van der Waals surface area contributed by atoms with Gasteiger partial charge in [-0.2, -0.15) is 5.10 Å². The van der Waals surface area contributed by atoms with Crippen LogP contribution < -0.4 is 4.74 Å². The normalized spacial score (nSPS) is 11.3. The second-order valence-electron chi connectivity index (χ2n) is 5.12. The number of carbonyl (C=O) groups excluding carboxylic acids is 1. The molecule has 0 amide bonds. The molecule has 0 saturated carbocycles. The summed E-state index contributed by atoms with van der Waals surface area (Å²) in [7, 11) is 1.61. The van der Waals surface area contributed by atoms with Gasteiger partial charge in [0.1, 0.15) is 11.6 Å². The summed E-state index contributed by atoms with van der Waals surface area (Å²) in [5.74, 6) is -0.0920. The minimum absolute atomic E-state index is 0.0802. The highest BCUT2D eigenvalue weighted by Crippen LogP contribution is 2.28. The summed E-state index contributed by atoms with van der Waals surface area (Å²) in [5, 5.41) is 8.08. The predicted octanol–water partition coefficient (Wildman–Crippen LogP) is 4.08. The number of benzene rings is 2. The van der Waals surface area contributed by atoms with Crippen molar-refractivity contribution in [2.45, 2.75) is 6.92 Å². The number of halogens is 1. The summed E-state index contributed by atoms with van der Waals surface area (Å²) in [6.07, 6.45) is 3.59. The summed E-state index contributed by atoms with van der Waals surface area (Å²) < 4.78 is 18.9. The van der Waals surface area contributed by atoms with Gasteiger partial charge < -0.3 is 4.74 Å². The van der Waals surface area contributed by atoms with Gasteiger partial charge in [0, 0.05) is 0 Å². The van der Waals surface area contributed by atoms with E-state index in [2.05, 4.69) is 10.2 Å². The van der Waals surface area contributed by atoms with Crippen molar-refractivity contribution >= 4 is 28.8 Å². The number of nitrogens with zero attached hydrogens (tertiary/aromatic N) is 1. The Kier molecular flexibility index (Phi) is 3.93. The van der Waals surface area contributed by atoms with Crippen molar-refractivity contribution in [3.63, 3.8) is 0 Å². The van der Waals surface area contributed by atoms with E-state index in [1.54, 1.807) is 25.3 Å². The van der Waals surface area contributed by atoms with E-state index in [-0.39, 0.29) is 11.3 Å². The second kappa shape index (κ2) is 6.04. The van der Waals surface area contributed by atoms with Gasteiger partial charge in [-0.15, -0.1) is 0 Å². The lowest BCUT2D eigenvalue weighted by atomic mass is 10.1. The van der Waals surface area contributed by atoms with Crippen LogP contribution in [0.1, 0.15) is 28.5 Å². The number of hydrogen-bond acceptors (Lipinski definition) is 3. The van der Waals surface area contributed by atoms with Gasteiger partial charge in [0.15, 0.2) is 5.78 Å². The van der Waals surface area contributed by atoms with Crippen molar-refractivity contribution in [2.24, 2.45) is 0 Å². The molecule has 0 unspecified atom stereocenters. The van der Waals surface area contributed by atoms with Gasteiger partial charge in [-0.3, -0.25) is 9.89 Å². The van der Waals surface area contributed by atoms with Crippen molar-refractivity contribution in [2.75, 3.05) is 7.11 Å². The first-order valence-corrected chi connectivity index (χ1v) is 7.10. The molecule has 3 rings (SSSR count). The first-order valence-electron chi connectivity index (χ1n) is 7.10. The zero-order valence-corrected chi connectivity index (χ0v) is 12.8. The smallest absolute Gasteiger partial charge is 0.162 e. The molecule has 0 aliphatic heterocycles. The third kappa shape index (κ3) is 2.85. The number of ether oxygens (including phenoxy) is 1. The van der Waals surface area contributed by atoms with Crippen molar-refractivity contribution in [1.82, 2.24) is 10.2 Å². The van der Waals surface area contributed by atoms with Crippen molar-refractivity contribution in [3.05, 3.63) is 59.0 Å². The quantitative estimate of drug-likeness (QED) is 0.739. The molecule has 116 valence electrons. The maximum atomic E-state index is 13.6. The van der Waals surface area contributed by atoms with Crippen LogP contribution in [0.15, 0.2) is 36.4 Å². The molecule has 0 radical (unpaired) electrons. The number of methoxy groups -OCH3 is 1. The number of Topliss-reactive ketones (excluding diaryl/α,β-unsaturated/α-hetero) is 1. The molecule has 0 aliphatic carbocycles. The van der Waals surface area contributed by atoms with Crippen LogP contribution in [0.2, 0.25) is 0 Å². The zero-order valence-electron chi connectivity index (χ0n) is 12.8. The van der Waals surface area contributed by atoms with E-state index in [1.165, 1.54) is 19.1 Å². The molecule has 0 atom stereocenters. The Balaban J connectivity index is 2.01. The highest BCUT2D eigenvalue weighted by molar-refractivity contribution is 5.96. The van der Waals surface area contributed by atoms with Crippen LogP contribution in [0.4, 0.5) is 4.39 Å². The first kappa shape index (κ1) is 15.0. The number of fused-ring (bicyclic) bond motifs is 1. The van der Waals surface area contributed by atoms with E-state index < -0.39 is 5.82 Å². The van der Waals surface area contributed by atoms with Crippen LogP contribution in [0, 0.1) is 5.82 Å². The van der Waals surface area contributed by atoms with Crippen LogP contribution in [0.25, 0.3) is 23.1 Å². The average molecular weight is 310 g/mol. The summed E-state index contributed by atoms with van der Waals surface area (Å²) >= 11 is 0. The third-order valence-electron chi connectivity index (χ3n) is 3.60. The molecule has 0 bridgehead atoms. The maximum Gasteiger partial charge on any atom is 0.162 e. The van der Waals surface area contributed by atoms with Crippen LogP contribution in [0.5, 0.6) is 5.75 Å². The first-order chi connectivity index (χ1) is 11.1. The highest BCUT2D eigenvalue weighted by Gasteiger charge is 2.09. The average Bonchev–Trinajstić information content (AvgIpc) is 2.97. The molecule has 2 aromatic carbocycles. The zero-order chi connectivity index (χ0) is 16.4. The van der Waals surface area contributed by atoms with Gasteiger partial charge in [-0.25, -0.2) is 4.39 Å². The predicted molar refractivity (Wildman–Crippen MR) is 88.0 cm³/mol. The summed E-state index contributed by atoms with van der Waals surface area (Å²) in [6.45, 7) is 1.35. The largest absolute Gasteiger partial charge is 0.496 e. The Hall–Kier alpha value is -2.95. The fraction of sp³-hybridized carbons (Fsp3) is 0.111. The molecule has 1 N–H and O–H groups in total. The minimum atomic E-state index is -0.512. The molecule has 0 spiro atoms. The summed E-state index contributed by atoms with van der Waals surface area (Å²) in [5.41, 5.74) is 2.39. The lowest BCUT2D eigenvalue weighted by Crippen LogP contribution is -1.97. The molecule has 5 heteroatoms. The number of ketones is 1. The van der Waals surface area contributed by atoms with Crippen molar-refractivity contribution < 1.29 is 13.9 Å². The molecule has 0 fully saturated rings. The lowest BCUT2D eigenvalue weighted by Gasteiger charge is -2.02. The van der Waals surface area contributed by atoms with Gasteiger partial charge >= 0.3 is 0 Å². The third-order valence-corrected chi connectivity index (χ3v) is 3.60. The maximum absolute atomic E-state index is 13.6. The second-order valence-corrected chi connectivity index (χ2v) is 5.12. The Labute approximate surface area is 132 Å². The molecule has 0 aliphatic rings. The van der Waals surface area contributed by atoms with Gasteiger partial charge in [0.25, 0.3) is 0 Å². The van der Waals surface area contributed by atoms with Gasteiger partial charge in [-0.05, 0) is 42.8 Å². The molecule has 1 aromatic heterocycles. The number of hydrogen-bond donors (Lipinski definition) is 1. The Morgan fingerprint density at radius 3 is 2.83 bits per heavy atom. The Bertz CT molecular complexity index is 913. The molecule has 0 saturated heterocycles. The van der Waals surface area contributed by atoms with E-state index in [1.807, 2.05) is 18.2 Å². The number of rotatable bonds is 4. The molecule has 4 nitrogen and oxygen atoms in total. The van der Waals surface area contributed by atoms with Crippen molar-refractivity contribution in [1.29, 1.82) is 0 Å². The van der Waals surface area contributed by atoms with E-state index in [9.17, 15) is 9.18 Å². The van der Waals surface area contributed by atoms with E-state index in [0.717, 1.165) is 22.2 Å². The van der Waals surface area contributed by atoms with Gasteiger partial charge in [0.2, 0.25) is 0 Å². The van der Waals surface area contributed by atoms with E-state index >= 15 is 0 Å². The minimum Gasteiger partial charge on any atom is -0.496 e. The van der Waals surface area contributed by atoms with Crippen LogP contribution in [-0.4, -0.2) is 23.1 Å². The monoisotopic (exact) mass is 310 g/mol. The van der Waals surface area contributed by atoms with Crippen molar-refractivity contribution in [3.8, 4) is 5.75 Å². The van der Waals surface area contributed by atoms with Crippen LogP contribution >= 0.6 is 0 Å². The molecular formula is C18H15FN2O2. The van der Waals surface area contributed by atoms with E-state index in [0.29, 0.717) is 5.69 Å². The Morgan fingerprint density at radius 1 is 1.26 bits per heavy atom. The molecular weight excluding hydrogens is 295 g/mol. The standard InChI is InChI=1S/C18H15FN2O2/c1-11(22)13-10-12(6-8-14(13)19)7-9-16-18-15(20-21-16)4-3-5-17(18)23-2/h3-10H,1-2H3,(H,20,21)/b9-7+. The summed E-state index contributed by atoms with van der Waals surface area (Å²) in [6, 6.07) is 10.1. The number of nitrogens with one attached hydrogen (secondary N) is 1. The number of carbonyl (C=O) groups is 1. The number of aromatic nitrogens is 2. The number of H-pyrrole nitrogens is 1. The van der Waals surface area contributed by atoms with Crippen LogP contribution in [-0.2, 0) is 0 Å². The fourth-order valence-electron chi connectivity index (χ4n) is 2.45. The fourth-order valence-corrected chi connectivity index (χ4v) is 2.45. The number of aromatic amines is 1. The topological polar surface area (TPSA) is 55.0 Å². The Morgan fingerprint density at radius 2 is 2.09 bits per heavy atom. The SMILES string of the molecule is COc1cccc2[nH]nc(/C=C/c3ccc(F)c(C(C)=O)c3)c12. The lowest BCUT2D eigenvalue weighted by molar-refractivity contribution is 0.101. The highest BCUT2D eigenvalue weighted by atomic mass is 19.1. The molecule has 1 heterocycles.